The molecular weight excluding hydrogens is 586 g/mol. The molecule has 236 valence electrons. The van der Waals surface area contributed by atoms with Gasteiger partial charge in [0.2, 0.25) is 5.95 Å². The van der Waals surface area contributed by atoms with Crippen LogP contribution in [-0.4, -0.2) is 69.6 Å². The fourth-order valence-electron chi connectivity index (χ4n) is 5.46. The number of halogens is 2. The first kappa shape index (κ1) is 33.2. The van der Waals surface area contributed by atoms with Gasteiger partial charge in [-0.2, -0.15) is 5.26 Å². The fraction of sp³-hybridized carbons (Fsp3) is 0.500. The van der Waals surface area contributed by atoms with E-state index in [1.807, 2.05) is 39.1 Å². The molecule has 2 aliphatic heterocycles. The van der Waals surface area contributed by atoms with Crippen LogP contribution in [0.15, 0.2) is 42.0 Å². The molecule has 12 heteroatoms. The Labute approximate surface area is 261 Å². The van der Waals surface area contributed by atoms with Gasteiger partial charge in [-0.25, -0.2) is 13.8 Å². The number of rotatable bonds is 7. The first-order valence-corrected chi connectivity index (χ1v) is 15.7. The van der Waals surface area contributed by atoms with E-state index >= 15 is 0 Å². The van der Waals surface area contributed by atoms with Crippen molar-refractivity contribution in [2.45, 2.75) is 65.7 Å². The zero-order valence-corrected chi connectivity index (χ0v) is 26.7. The number of fused-ring (bicyclic) bond motifs is 1. The molecule has 3 aromatic rings. The zero-order chi connectivity index (χ0) is 32.0. The van der Waals surface area contributed by atoms with Crippen LogP contribution in [0.2, 0.25) is 0 Å². The Morgan fingerprint density at radius 3 is 2.43 bits per heavy atom. The number of benzene rings is 1. The highest BCUT2D eigenvalue weighted by Crippen LogP contribution is 2.28. The highest BCUT2D eigenvalue weighted by Gasteiger charge is 2.23. The molecule has 2 fully saturated rings. The second kappa shape index (κ2) is 14.9. The first-order chi connectivity index (χ1) is 20.9. The Kier molecular flexibility index (Phi) is 11.2. The van der Waals surface area contributed by atoms with Gasteiger partial charge in [-0.3, -0.25) is 19.8 Å². The highest BCUT2D eigenvalue weighted by atomic mass is 32.1. The normalized spacial score (nSPS) is 19.3. The van der Waals surface area contributed by atoms with E-state index in [4.69, 9.17) is 10.00 Å². The standard InChI is InChI=1S/C21H24F2N4O2S.C11H16N2O/c1-12-9-27(10-13(2)29-12)11-14-4-5-16-15(8-14)24-21(26(16)3)25-20(28)18-7-6-17(30-18)19(22)23;1-9(2)7-10(8-12)11(14)13-5-3-4-6-13/h4-8,12-13,19H,9-11H2,1-3H3,(H,24,25,28);7,9H,3-6H2,1-2H3/b;10-7+. The SMILES string of the molecule is CC(C)/C=C(\C#N)C(=O)N1CCCC1.CC1CN(Cc2ccc3c(c2)nc(NC(=O)c2ccc(C(F)F)s2)n3C)CC(C)O1. The van der Waals surface area contributed by atoms with Crippen LogP contribution < -0.4 is 5.32 Å². The average molecular weight is 627 g/mol. The summed E-state index contributed by atoms with van der Waals surface area (Å²) in [5.41, 5.74) is 3.10. The quantitative estimate of drug-likeness (QED) is 0.249. The van der Waals surface area contributed by atoms with Crippen LogP contribution in [0.1, 0.15) is 67.1 Å². The zero-order valence-electron chi connectivity index (χ0n) is 25.8. The van der Waals surface area contributed by atoms with E-state index in [0.717, 1.165) is 73.5 Å². The third-order valence-electron chi connectivity index (χ3n) is 7.38. The summed E-state index contributed by atoms with van der Waals surface area (Å²) in [4.78, 5) is 33.0. The van der Waals surface area contributed by atoms with Crippen molar-refractivity contribution in [3.63, 3.8) is 0 Å². The second-order valence-electron chi connectivity index (χ2n) is 11.7. The van der Waals surface area contributed by atoms with Crippen LogP contribution in [0, 0.1) is 17.2 Å². The topological polar surface area (TPSA) is 103 Å². The van der Waals surface area contributed by atoms with E-state index in [2.05, 4.69) is 35.1 Å². The molecule has 2 aromatic heterocycles. The molecule has 2 amide bonds. The number of amides is 2. The number of hydrogen-bond donors (Lipinski definition) is 1. The van der Waals surface area contributed by atoms with Gasteiger partial charge in [0.25, 0.3) is 18.2 Å². The molecule has 0 bridgehead atoms. The summed E-state index contributed by atoms with van der Waals surface area (Å²) in [6.45, 7) is 12.3. The molecule has 1 aromatic carbocycles. The summed E-state index contributed by atoms with van der Waals surface area (Å²) in [5, 5.41) is 11.6. The fourth-order valence-corrected chi connectivity index (χ4v) is 6.22. The molecule has 0 aliphatic carbocycles. The number of ether oxygens (including phenoxy) is 1. The van der Waals surface area contributed by atoms with Gasteiger partial charge in [0.1, 0.15) is 11.6 Å². The summed E-state index contributed by atoms with van der Waals surface area (Å²) in [7, 11) is 1.81. The van der Waals surface area contributed by atoms with Crippen LogP contribution in [0.3, 0.4) is 0 Å². The number of nitrogens with zero attached hydrogens (tertiary/aromatic N) is 5. The minimum Gasteiger partial charge on any atom is -0.373 e. The lowest BCUT2D eigenvalue weighted by Crippen LogP contribution is -2.44. The number of allylic oxidation sites excluding steroid dienone is 1. The molecule has 2 atom stereocenters. The number of thiophene rings is 1. The summed E-state index contributed by atoms with van der Waals surface area (Å²) in [6, 6.07) is 10.7. The molecule has 0 saturated carbocycles. The van der Waals surface area contributed by atoms with E-state index in [-0.39, 0.29) is 33.8 Å². The summed E-state index contributed by atoms with van der Waals surface area (Å²) in [5.74, 6) is 0.0875. The number of morpholine rings is 1. The number of carbonyl (C=O) groups is 2. The number of nitriles is 1. The molecule has 9 nitrogen and oxygen atoms in total. The molecule has 2 unspecified atom stereocenters. The third kappa shape index (κ3) is 8.49. The Hall–Kier alpha value is -3.66. The summed E-state index contributed by atoms with van der Waals surface area (Å²) in [6.07, 6.45) is 1.69. The van der Waals surface area contributed by atoms with Gasteiger partial charge in [0.15, 0.2) is 0 Å². The maximum Gasteiger partial charge on any atom is 0.272 e. The van der Waals surface area contributed by atoms with Gasteiger partial charge in [-0.15, -0.1) is 11.3 Å². The number of aryl methyl sites for hydroxylation is 1. The van der Waals surface area contributed by atoms with Gasteiger partial charge in [0.05, 0.1) is 33.0 Å². The van der Waals surface area contributed by atoms with E-state index in [1.54, 1.807) is 15.5 Å². The van der Waals surface area contributed by atoms with Crippen molar-refractivity contribution < 1.29 is 23.1 Å². The number of alkyl halides is 2. The monoisotopic (exact) mass is 626 g/mol. The Balaban J connectivity index is 0.000000265. The first-order valence-electron chi connectivity index (χ1n) is 14.9. The van der Waals surface area contributed by atoms with Crippen molar-refractivity contribution in [2.75, 3.05) is 31.5 Å². The molecule has 1 N–H and O–H groups in total. The average Bonchev–Trinajstić information content (AvgIpc) is 3.73. The molecule has 4 heterocycles. The molecule has 5 rings (SSSR count). The van der Waals surface area contributed by atoms with Gasteiger partial charge < -0.3 is 14.2 Å². The van der Waals surface area contributed by atoms with Crippen molar-refractivity contribution in [3.8, 4) is 6.07 Å². The molecule has 0 spiro atoms. The van der Waals surface area contributed by atoms with E-state index in [1.165, 1.54) is 12.1 Å². The lowest BCUT2D eigenvalue weighted by atomic mass is 10.1. The van der Waals surface area contributed by atoms with Gasteiger partial charge >= 0.3 is 0 Å². The van der Waals surface area contributed by atoms with Crippen molar-refractivity contribution in [1.82, 2.24) is 19.4 Å². The maximum absolute atomic E-state index is 12.8. The van der Waals surface area contributed by atoms with Crippen LogP contribution in [0.25, 0.3) is 11.0 Å². The number of anilines is 1. The Bertz CT molecular complexity index is 1530. The largest absolute Gasteiger partial charge is 0.373 e. The Morgan fingerprint density at radius 2 is 1.84 bits per heavy atom. The summed E-state index contributed by atoms with van der Waals surface area (Å²) < 4.78 is 33.1. The predicted octanol–water partition coefficient (Wildman–Crippen LogP) is 6.15. The molecular formula is C32H40F2N6O3S. The number of carbonyl (C=O) groups excluding carboxylic acids is 2. The number of imidazole rings is 1. The smallest absolute Gasteiger partial charge is 0.272 e. The van der Waals surface area contributed by atoms with Gasteiger partial charge in [0, 0.05) is 39.8 Å². The highest BCUT2D eigenvalue weighted by molar-refractivity contribution is 7.14. The third-order valence-corrected chi connectivity index (χ3v) is 8.47. The molecule has 44 heavy (non-hydrogen) atoms. The van der Waals surface area contributed by atoms with E-state index in [0.29, 0.717) is 11.5 Å². The maximum atomic E-state index is 12.8. The predicted molar refractivity (Wildman–Crippen MR) is 168 cm³/mol. The molecule has 2 saturated heterocycles. The van der Waals surface area contributed by atoms with Crippen molar-refractivity contribution in [3.05, 3.63) is 57.3 Å². The van der Waals surface area contributed by atoms with Crippen molar-refractivity contribution in [1.29, 1.82) is 5.26 Å². The van der Waals surface area contributed by atoms with Gasteiger partial charge in [-0.1, -0.05) is 26.0 Å². The minimum absolute atomic E-state index is 0.0984. The lowest BCUT2D eigenvalue weighted by molar-refractivity contribution is -0.125. The number of likely N-dealkylation sites (tertiary alicyclic amines) is 1. The van der Waals surface area contributed by atoms with Crippen molar-refractivity contribution in [2.24, 2.45) is 13.0 Å². The second-order valence-corrected chi connectivity index (χ2v) is 12.8. The van der Waals surface area contributed by atoms with E-state index in [9.17, 15) is 18.4 Å². The van der Waals surface area contributed by atoms with Crippen LogP contribution >= 0.6 is 11.3 Å². The Morgan fingerprint density at radius 1 is 1.16 bits per heavy atom. The van der Waals surface area contributed by atoms with Crippen LogP contribution in [0.5, 0.6) is 0 Å². The van der Waals surface area contributed by atoms with Crippen molar-refractivity contribution >= 4 is 40.1 Å². The van der Waals surface area contributed by atoms with Crippen LogP contribution in [-0.2, 0) is 23.1 Å². The lowest BCUT2D eigenvalue weighted by Gasteiger charge is -2.35. The minimum atomic E-state index is -2.58. The number of nitrogens with one attached hydrogen (secondary N) is 1. The molecule has 0 radical (unpaired) electrons. The number of hydrogen-bond acceptors (Lipinski definition) is 7. The van der Waals surface area contributed by atoms with Gasteiger partial charge in [-0.05, 0) is 62.4 Å². The van der Waals surface area contributed by atoms with Crippen LogP contribution in [0.4, 0.5) is 14.7 Å². The van der Waals surface area contributed by atoms with E-state index < -0.39 is 12.3 Å². The number of aromatic nitrogens is 2. The molecule has 2 aliphatic rings. The summed E-state index contributed by atoms with van der Waals surface area (Å²) >= 11 is 0.788.